The Morgan fingerprint density at radius 2 is 1.71 bits per heavy atom. The van der Waals surface area contributed by atoms with Crippen LogP contribution in [0.5, 0.6) is 17.2 Å². The van der Waals surface area contributed by atoms with E-state index in [9.17, 15) is 24.3 Å². The van der Waals surface area contributed by atoms with E-state index in [0.29, 0.717) is 11.1 Å². The van der Waals surface area contributed by atoms with Gasteiger partial charge >= 0.3 is 0 Å². The third-order valence-corrected chi connectivity index (χ3v) is 9.61. The van der Waals surface area contributed by atoms with Crippen LogP contribution < -0.4 is 14.8 Å². The van der Waals surface area contributed by atoms with Crippen molar-refractivity contribution in [1.82, 2.24) is 10.2 Å². The summed E-state index contributed by atoms with van der Waals surface area (Å²) in [4.78, 5) is 49.5. The molecule has 0 spiro atoms. The highest BCUT2D eigenvalue weighted by molar-refractivity contribution is 9.09. The fourth-order valence-electron chi connectivity index (χ4n) is 6.12. The Balaban J connectivity index is 1.79. The lowest BCUT2D eigenvalue weighted by Crippen LogP contribution is -2.60. The molecular weight excluding hydrogens is 567 g/mol. The molecule has 2 heterocycles. The van der Waals surface area contributed by atoms with E-state index >= 15 is 0 Å². The maximum atomic E-state index is 13.7. The average molecular weight is 588 g/mol. The number of hydrogen-bond donors (Lipinski definition) is 2. The molecule has 4 amide bonds. The Bertz CT molecular complexity index is 1200. The number of amides is 4. The Labute approximate surface area is 218 Å². The van der Waals surface area contributed by atoms with Gasteiger partial charge in [-0.25, -0.2) is 0 Å². The van der Waals surface area contributed by atoms with Gasteiger partial charge in [0.05, 0.1) is 31.5 Å². The first kappa shape index (κ1) is 24.4. The van der Waals surface area contributed by atoms with Gasteiger partial charge in [-0.05, 0) is 36.5 Å². The van der Waals surface area contributed by atoms with Crippen LogP contribution in [0.15, 0.2) is 23.8 Å². The van der Waals surface area contributed by atoms with Crippen molar-refractivity contribution in [3.63, 3.8) is 0 Å². The minimum Gasteiger partial charge on any atom is -0.502 e. The van der Waals surface area contributed by atoms with E-state index in [4.69, 9.17) is 32.7 Å². The lowest BCUT2D eigenvalue weighted by atomic mass is 9.56. The first-order chi connectivity index (χ1) is 16.5. The Kier molecular flexibility index (Phi) is 5.65. The number of ether oxygens (including phenoxy) is 2. The third kappa shape index (κ3) is 2.99. The quantitative estimate of drug-likeness (QED) is 0.240. The second kappa shape index (κ2) is 8.11. The summed E-state index contributed by atoms with van der Waals surface area (Å²) in [7, 11) is 2.72. The average Bonchev–Trinajstić information content (AvgIpc) is 3.20. The first-order valence-corrected chi connectivity index (χ1v) is 12.7. The number of phenols is 1. The van der Waals surface area contributed by atoms with Gasteiger partial charge in [0.1, 0.15) is 0 Å². The number of benzene rings is 1. The van der Waals surface area contributed by atoms with Crippen molar-refractivity contribution in [2.24, 2.45) is 17.8 Å². The van der Waals surface area contributed by atoms with E-state index in [1.165, 1.54) is 26.4 Å². The van der Waals surface area contributed by atoms with Gasteiger partial charge in [0.25, 0.3) is 11.8 Å². The molecule has 35 heavy (non-hydrogen) atoms. The van der Waals surface area contributed by atoms with Crippen molar-refractivity contribution < 1.29 is 33.8 Å². The van der Waals surface area contributed by atoms with Crippen LogP contribution in [0.4, 0.5) is 0 Å². The van der Waals surface area contributed by atoms with Crippen LogP contribution in [0.25, 0.3) is 0 Å². The number of rotatable bonds is 4. The molecule has 6 atom stereocenters. The zero-order chi connectivity index (χ0) is 25.4. The fraction of sp³-hybridized carbons (Fsp3) is 0.478. The number of carbonyl (C=O) groups is 4. The summed E-state index contributed by atoms with van der Waals surface area (Å²) >= 11 is 17.4. The normalized spacial score (nSPS) is 35.8. The fourth-order valence-corrected chi connectivity index (χ4v) is 7.54. The summed E-state index contributed by atoms with van der Waals surface area (Å²) < 4.78 is 10.6. The molecule has 1 aromatic rings. The molecule has 1 aromatic carbocycles. The van der Waals surface area contributed by atoms with E-state index in [1.807, 2.05) is 6.08 Å². The third-order valence-electron chi connectivity index (χ3n) is 7.69. The zero-order valence-corrected chi connectivity index (χ0v) is 21.7. The number of phenolic OH excluding ortho intramolecular Hbond substituents is 1. The minimum absolute atomic E-state index is 0.0686. The van der Waals surface area contributed by atoms with Gasteiger partial charge < -0.3 is 14.6 Å². The molecule has 2 saturated heterocycles. The molecule has 186 valence electrons. The molecule has 0 aromatic heterocycles. The number of nitrogens with one attached hydrogen (secondary N) is 1. The molecule has 1 saturated carbocycles. The summed E-state index contributed by atoms with van der Waals surface area (Å²) in [6, 6.07) is 3.02. The maximum Gasteiger partial charge on any atom is 0.254 e. The second-order valence-electron chi connectivity index (χ2n) is 9.11. The molecule has 4 aliphatic rings. The topological polar surface area (TPSA) is 122 Å². The van der Waals surface area contributed by atoms with E-state index in [2.05, 4.69) is 21.2 Å². The van der Waals surface area contributed by atoms with Gasteiger partial charge in [0.15, 0.2) is 21.2 Å². The molecule has 0 radical (unpaired) electrons. The molecule has 12 heteroatoms. The molecule has 2 N–H and O–H groups in total. The van der Waals surface area contributed by atoms with Crippen molar-refractivity contribution in [2.75, 3.05) is 19.7 Å². The number of nitrogens with zero attached hydrogens (tertiary/aromatic N) is 1. The minimum atomic E-state index is -1.94. The van der Waals surface area contributed by atoms with Crippen LogP contribution in [-0.2, 0) is 19.2 Å². The highest BCUT2D eigenvalue weighted by Gasteiger charge is 2.76. The zero-order valence-electron chi connectivity index (χ0n) is 18.6. The molecule has 2 aliphatic heterocycles. The van der Waals surface area contributed by atoms with Crippen LogP contribution in [-0.4, -0.2) is 63.1 Å². The van der Waals surface area contributed by atoms with Crippen LogP contribution in [0.3, 0.4) is 0 Å². The van der Waals surface area contributed by atoms with Crippen molar-refractivity contribution >= 4 is 62.8 Å². The number of aromatic hydroxyl groups is 1. The molecule has 0 unspecified atom stereocenters. The monoisotopic (exact) mass is 586 g/mol. The molecule has 5 rings (SSSR count). The Morgan fingerprint density at radius 3 is 2.29 bits per heavy atom. The van der Waals surface area contributed by atoms with Crippen molar-refractivity contribution in [3.05, 3.63) is 29.3 Å². The van der Waals surface area contributed by atoms with Gasteiger partial charge in [-0.15, -0.1) is 23.2 Å². The lowest BCUT2D eigenvalue weighted by Gasteiger charge is -2.50. The molecule has 9 nitrogen and oxygen atoms in total. The number of alkyl halides is 3. The molecular formula is C23H21BrCl2N2O7. The number of likely N-dealkylation sites (tertiary alicyclic amines) is 1. The van der Waals surface area contributed by atoms with E-state index in [1.54, 1.807) is 0 Å². The Hall–Kier alpha value is -2.30. The summed E-state index contributed by atoms with van der Waals surface area (Å²) in [5.74, 6) is -5.22. The predicted molar refractivity (Wildman–Crippen MR) is 128 cm³/mol. The smallest absolute Gasteiger partial charge is 0.254 e. The number of methoxy groups -OCH3 is 2. The van der Waals surface area contributed by atoms with Crippen LogP contribution in [0, 0.1) is 17.8 Å². The van der Waals surface area contributed by atoms with Crippen molar-refractivity contribution in [1.29, 1.82) is 0 Å². The molecule has 2 aliphatic carbocycles. The van der Waals surface area contributed by atoms with E-state index in [-0.39, 0.29) is 41.5 Å². The number of carbonyl (C=O) groups excluding carboxylic acids is 4. The van der Waals surface area contributed by atoms with E-state index < -0.39 is 51.1 Å². The summed E-state index contributed by atoms with van der Waals surface area (Å²) in [6.45, 7) is 0. The number of allylic oxidation sites excluding steroid dienone is 2. The van der Waals surface area contributed by atoms with Crippen LogP contribution in [0.2, 0.25) is 0 Å². The first-order valence-electron chi connectivity index (χ1n) is 10.8. The maximum absolute atomic E-state index is 13.7. The van der Waals surface area contributed by atoms with Gasteiger partial charge in [-0.1, -0.05) is 27.6 Å². The number of imide groups is 2. The largest absolute Gasteiger partial charge is 0.502 e. The van der Waals surface area contributed by atoms with Crippen LogP contribution in [0.1, 0.15) is 24.3 Å². The van der Waals surface area contributed by atoms with Gasteiger partial charge in [-0.3, -0.25) is 29.4 Å². The number of halogens is 3. The Morgan fingerprint density at radius 1 is 1.09 bits per heavy atom. The summed E-state index contributed by atoms with van der Waals surface area (Å²) in [5, 5.41) is 12.8. The lowest BCUT2D eigenvalue weighted by molar-refractivity contribution is -0.138. The summed E-state index contributed by atoms with van der Waals surface area (Å²) in [6.07, 6.45) is 1.99. The van der Waals surface area contributed by atoms with Gasteiger partial charge in [0, 0.05) is 5.92 Å². The number of hydrogen-bond acceptors (Lipinski definition) is 7. The summed E-state index contributed by atoms with van der Waals surface area (Å²) in [5.41, 5.74) is 0.931. The van der Waals surface area contributed by atoms with Gasteiger partial charge in [-0.2, -0.15) is 0 Å². The van der Waals surface area contributed by atoms with Gasteiger partial charge in [0.2, 0.25) is 17.6 Å². The standard InChI is InChI=1S/C23H21BrCl2N2O7/c1-34-13-5-9(6-14(35-2)17(13)29)16-10-3-4-11-15(19(31)27-18(11)30)12(10)7-22(25)20(32)28(8-24)21(33)23(16,22)26/h3,5-6,11-12,15-16,29H,4,7-8H2,1-2H3,(H,27,30,31)/t11-,12+,15-,16-,22+,23-/m0/s1. The number of fused-ring (bicyclic) bond motifs is 4. The van der Waals surface area contributed by atoms with Crippen molar-refractivity contribution in [2.45, 2.75) is 28.5 Å². The molecule has 0 bridgehead atoms. The predicted octanol–water partition coefficient (Wildman–Crippen LogP) is 2.41. The van der Waals surface area contributed by atoms with Crippen molar-refractivity contribution in [3.8, 4) is 17.2 Å². The highest BCUT2D eigenvalue weighted by Crippen LogP contribution is 2.65. The molecule has 3 fully saturated rings. The second-order valence-corrected chi connectivity index (χ2v) is 10.9. The SMILES string of the molecule is COc1cc([C@H]2C3=CC[C@@H]4C(=O)NC(=O)[C@@H]4[C@@H]3C[C@@]3(Cl)C(=O)N(CBr)C(=O)[C@@]23Cl)cc(OC)c1O. The van der Waals surface area contributed by atoms with Crippen LogP contribution >= 0.6 is 39.1 Å². The van der Waals surface area contributed by atoms with E-state index in [0.717, 1.165) is 4.90 Å². The highest BCUT2D eigenvalue weighted by atomic mass is 79.9.